The van der Waals surface area contributed by atoms with E-state index in [1.165, 1.54) is 0 Å². The molecule has 0 saturated carbocycles. The number of aromatic nitrogens is 2. The molecule has 4 rings (SSSR count). The lowest BCUT2D eigenvalue weighted by Gasteiger charge is -2.19. The van der Waals surface area contributed by atoms with E-state index in [9.17, 15) is 14.7 Å². The minimum Gasteiger partial charge on any atom is -0.494 e. The summed E-state index contributed by atoms with van der Waals surface area (Å²) in [6.45, 7) is 9.14. The van der Waals surface area contributed by atoms with Gasteiger partial charge in [0.25, 0.3) is 5.91 Å². The van der Waals surface area contributed by atoms with Crippen LogP contribution in [0, 0.1) is 0 Å². The molecule has 0 aliphatic carbocycles. The molecule has 3 aromatic carbocycles. The van der Waals surface area contributed by atoms with Crippen LogP contribution in [0.5, 0.6) is 5.75 Å². The standard InChI is InChI=1S/C34H37N3O4/c1-5-6-19-41-29-17-13-24(14-18-29)27-21-35-31(36-22-27)25-9-7-23(8-10-25)20-30(33(39)40)37-32(38)26-11-15-28(16-12-26)34(2,3)4/h7-18,21-22,30H,5-6,19-20H2,1-4H3,(H,37,38)(H,39,40). The largest absolute Gasteiger partial charge is 0.494 e. The lowest BCUT2D eigenvalue weighted by molar-refractivity contribution is -0.139. The van der Waals surface area contributed by atoms with Crippen LogP contribution in [0.3, 0.4) is 0 Å². The molecule has 1 aromatic heterocycles. The maximum absolute atomic E-state index is 12.8. The van der Waals surface area contributed by atoms with E-state index in [0.29, 0.717) is 18.0 Å². The predicted molar refractivity (Wildman–Crippen MR) is 161 cm³/mol. The average molecular weight is 552 g/mol. The van der Waals surface area contributed by atoms with Crippen molar-refractivity contribution in [1.82, 2.24) is 15.3 Å². The highest BCUT2D eigenvalue weighted by molar-refractivity contribution is 5.96. The molecule has 0 aliphatic heterocycles. The van der Waals surface area contributed by atoms with E-state index in [4.69, 9.17) is 4.74 Å². The summed E-state index contributed by atoms with van der Waals surface area (Å²) in [4.78, 5) is 33.7. The van der Waals surface area contributed by atoms with Gasteiger partial charge >= 0.3 is 5.97 Å². The summed E-state index contributed by atoms with van der Waals surface area (Å²) in [6, 6.07) is 21.5. The first-order valence-electron chi connectivity index (χ1n) is 13.9. The monoisotopic (exact) mass is 551 g/mol. The van der Waals surface area contributed by atoms with E-state index in [0.717, 1.165) is 46.4 Å². The SMILES string of the molecule is CCCCOc1ccc(-c2cnc(-c3ccc(CC(NC(=O)c4ccc(C(C)(C)C)cc4)C(=O)O)cc3)nc2)cc1. The van der Waals surface area contributed by atoms with Crippen molar-refractivity contribution in [3.05, 3.63) is 102 Å². The first-order chi connectivity index (χ1) is 19.6. The number of unbranched alkanes of at least 4 members (excludes halogenated alkanes) is 1. The molecule has 1 atom stereocenters. The van der Waals surface area contributed by atoms with Gasteiger partial charge in [-0.25, -0.2) is 14.8 Å². The molecular weight excluding hydrogens is 514 g/mol. The van der Waals surface area contributed by atoms with Crippen molar-refractivity contribution in [2.75, 3.05) is 6.61 Å². The Morgan fingerprint density at radius 1 is 0.854 bits per heavy atom. The van der Waals surface area contributed by atoms with Crippen molar-refractivity contribution in [2.24, 2.45) is 0 Å². The zero-order chi connectivity index (χ0) is 29.4. The Hall–Kier alpha value is -4.52. The number of nitrogens with one attached hydrogen (secondary N) is 1. The van der Waals surface area contributed by atoms with Crippen molar-refractivity contribution in [3.63, 3.8) is 0 Å². The Morgan fingerprint density at radius 3 is 2.02 bits per heavy atom. The molecule has 1 unspecified atom stereocenters. The molecule has 0 radical (unpaired) electrons. The molecule has 1 heterocycles. The lowest BCUT2D eigenvalue weighted by atomic mass is 9.86. The third-order valence-electron chi connectivity index (χ3n) is 6.87. The van der Waals surface area contributed by atoms with Crippen molar-refractivity contribution in [3.8, 4) is 28.3 Å². The van der Waals surface area contributed by atoms with Crippen LogP contribution in [0.4, 0.5) is 0 Å². The van der Waals surface area contributed by atoms with Gasteiger partial charge in [0.15, 0.2) is 5.82 Å². The Morgan fingerprint density at radius 2 is 1.46 bits per heavy atom. The Balaban J connectivity index is 1.37. The molecule has 7 heteroatoms. The van der Waals surface area contributed by atoms with E-state index < -0.39 is 17.9 Å². The molecule has 0 bridgehead atoms. The van der Waals surface area contributed by atoms with Gasteiger partial charge in [-0.2, -0.15) is 0 Å². The van der Waals surface area contributed by atoms with Gasteiger partial charge in [-0.15, -0.1) is 0 Å². The highest BCUT2D eigenvalue weighted by Gasteiger charge is 2.22. The fraction of sp³-hybridized carbons (Fsp3) is 0.294. The number of aliphatic carboxylic acids is 1. The number of carboxylic acid groups (broad SMARTS) is 1. The molecule has 7 nitrogen and oxygen atoms in total. The molecule has 0 fully saturated rings. The number of benzene rings is 3. The van der Waals surface area contributed by atoms with Gasteiger partial charge < -0.3 is 15.2 Å². The maximum Gasteiger partial charge on any atom is 0.326 e. The van der Waals surface area contributed by atoms with E-state index >= 15 is 0 Å². The van der Waals surface area contributed by atoms with Crippen LogP contribution in [0.1, 0.15) is 62.0 Å². The van der Waals surface area contributed by atoms with Crippen LogP contribution in [-0.2, 0) is 16.6 Å². The third-order valence-corrected chi connectivity index (χ3v) is 6.87. The molecule has 2 N–H and O–H groups in total. The number of nitrogens with zero attached hydrogens (tertiary/aromatic N) is 2. The number of rotatable bonds is 11. The highest BCUT2D eigenvalue weighted by atomic mass is 16.5. The number of carboxylic acids is 1. The molecule has 41 heavy (non-hydrogen) atoms. The van der Waals surface area contributed by atoms with Gasteiger partial charge in [0, 0.05) is 35.5 Å². The number of carbonyl (C=O) groups excluding carboxylic acids is 1. The summed E-state index contributed by atoms with van der Waals surface area (Å²) in [6.07, 6.45) is 5.85. The molecule has 212 valence electrons. The van der Waals surface area contributed by atoms with Gasteiger partial charge in [-0.1, -0.05) is 82.6 Å². The number of amides is 1. The van der Waals surface area contributed by atoms with Crippen LogP contribution in [-0.4, -0.2) is 39.6 Å². The summed E-state index contributed by atoms with van der Waals surface area (Å²) in [7, 11) is 0. The summed E-state index contributed by atoms with van der Waals surface area (Å²) < 4.78 is 5.73. The fourth-order valence-corrected chi connectivity index (χ4v) is 4.29. The number of ether oxygens (including phenoxy) is 1. The second-order valence-corrected chi connectivity index (χ2v) is 11.1. The molecule has 0 spiro atoms. The average Bonchev–Trinajstić information content (AvgIpc) is 2.97. The van der Waals surface area contributed by atoms with Gasteiger partial charge in [-0.05, 0) is 52.8 Å². The molecular formula is C34H37N3O4. The normalized spacial score (nSPS) is 12.0. The predicted octanol–water partition coefficient (Wildman–Crippen LogP) is 6.71. The molecule has 1 amide bonds. The topological polar surface area (TPSA) is 101 Å². The zero-order valence-corrected chi connectivity index (χ0v) is 24.1. The third kappa shape index (κ3) is 8.01. The van der Waals surface area contributed by atoms with Crippen LogP contribution in [0.15, 0.2) is 85.2 Å². The first-order valence-corrected chi connectivity index (χ1v) is 13.9. The first kappa shape index (κ1) is 29.5. The van der Waals surface area contributed by atoms with Crippen LogP contribution in [0.2, 0.25) is 0 Å². The van der Waals surface area contributed by atoms with E-state index in [1.807, 2.05) is 60.7 Å². The number of carbonyl (C=O) groups is 2. The summed E-state index contributed by atoms with van der Waals surface area (Å²) in [5.74, 6) is -0.0873. The molecule has 4 aromatic rings. The lowest BCUT2D eigenvalue weighted by Crippen LogP contribution is -2.42. The smallest absolute Gasteiger partial charge is 0.326 e. The van der Waals surface area contributed by atoms with E-state index in [1.54, 1.807) is 24.5 Å². The Bertz CT molecular complexity index is 1440. The molecule has 0 saturated heterocycles. The van der Waals surface area contributed by atoms with Crippen LogP contribution in [0.25, 0.3) is 22.5 Å². The summed E-state index contributed by atoms with van der Waals surface area (Å²) in [5.41, 5.74) is 4.99. The van der Waals surface area contributed by atoms with Crippen molar-refractivity contribution >= 4 is 11.9 Å². The van der Waals surface area contributed by atoms with Crippen molar-refractivity contribution in [1.29, 1.82) is 0 Å². The van der Waals surface area contributed by atoms with E-state index in [-0.39, 0.29) is 11.8 Å². The maximum atomic E-state index is 12.8. The minimum atomic E-state index is -1.09. The number of hydrogen-bond acceptors (Lipinski definition) is 5. The molecule has 0 aliphatic rings. The minimum absolute atomic E-state index is 0.0343. The second-order valence-electron chi connectivity index (χ2n) is 11.1. The van der Waals surface area contributed by atoms with Crippen LogP contribution >= 0.6 is 0 Å². The van der Waals surface area contributed by atoms with Crippen molar-refractivity contribution in [2.45, 2.75) is 58.4 Å². The van der Waals surface area contributed by atoms with Crippen molar-refractivity contribution < 1.29 is 19.4 Å². The summed E-state index contributed by atoms with van der Waals surface area (Å²) in [5, 5.41) is 12.4. The Labute approximate surface area is 241 Å². The van der Waals surface area contributed by atoms with E-state index in [2.05, 4.69) is 43.0 Å². The van der Waals surface area contributed by atoms with Gasteiger partial charge in [0.05, 0.1) is 6.61 Å². The number of hydrogen-bond donors (Lipinski definition) is 2. The summed E-state index contributed by atoms with van der Waals surface area (Å²) >= 11 is 0. The zero-order valence-electron chi connectivity index (χ0n) is 24.1. The quantitative estimate of drug-likeness (QED) is 0.201. The van der Waals surface area contributed by atoms with Gasteiger partial charge in [0.2, 0.25) is 0 Å². The highest BCUT2D eigenvalue weighted by Crippen LogP contribution is 2.24. The fourth-order valence-electron chi connectivity index (χ4n) is 4.29. The van der Waals surface area contributed by atoms with Gasteiger partial charge in [-0.3, -0.25) is 4.79 Å². The van der Waals surface area contributed by atoms with Gasteiger partial charge in [0.1, 0.15) is 11.8 Å². The second kappa shape index (κ2) is 13.2. The van der Waals surface area contributed by atoms with Crippen LogP contribution < -0.4 is 10.1 Å². The Kier molecular flexibility index (Phi) is 9.50.